The number of hydrogen-bond donors (Lipinski definition) is 1. The van der Waals surface area contributed by atoms with Gasteiger partial charge < -0.3 is 5.32 Å². The fourth-order valence-electron chi connectivity index (χ4n) is 2.59. The van der Waals surface area contributed by atoms with Crippen LogP contribution in [0, 0.1) is 0 Å². The zero-order chi connectivity index (χ0) is 15.5. The molecule has 21 heavy (non-hydrogen) atoms. The van der Waals surface area contributed by atoms with Gasteiger partial charge >= 0.3 is 0 Å². The molecule has 0 unspecified atom stereocenters. The van der Waals surface area contributed by atoms with Gasteiger partial charge in [-0.1, -0.05) is 0 Å². The van der Waals surface area contributed by atoms with Gasteiger partial charge in [-0.25, -0.2) is 8.87 Å². The van der Waals surface area contributed by atoms with Crippen molar-refractivity contribution in [3.63, 3.8) is 0 Å². The van der Waals surface area contributed by atoms with Gasteiger partial charge in [-0.2, -0.15) is 8.42 Å². The van der Waals surface area contributed by atoms with Crippen LogP contribution in [-0.2, 0) is 14.8 Å². The average Bonchev–Trinajstić information content (AvgIpc) is 2.41. The van der Waals surface area contributed by atoms with Crippen molar-refractivity contribution >= 4 is 37.7 Å². The summed E-state index contributed by atoms with van der Waals surface area (Å²) in [6.45, 7) is 0.941. The molecule has 1 fully saturated rings. The second kappa shape index (κ2) is 6.41. The van der Waals surface area contributed by atoms with Gasteiger partial charge in [0.25, 0.3) is 15.9 Å². The molecule has 1 saturated heterocycles. The summed E-state index contributed by atoms with van der Waals surface area (Å²) in [5.41, 5.74) is 0. The van der Waals surface area contributed by atoms with Crippen LogP contribution in [0.5, 0.6) is 0 Å². The Morgan fingerprint density at radius 1 is 1.33 bits per heavy atom. The Morgan fingerprint density at radius 3 is 2.52 bits per heavy atom. The molecule has 1 aliphatic heterocycles. The molecule has 2 rings (SSSR count). The molecule has 0 atom stereocenters. The third-order valence-electron chi connectivity index (χ3n) is 3.76. The van der Waals surface area contributed by atoms with E-state index in [4.69, 9.17) is 0 Å². The van der Waals surface area contributed by atoms with Crippen LogP contribution in [0.25, 0.3) is 0 Å². The van der Waals surface area contributed by atoms with Gasteiger partial charge in [0.05, 0.1) is 19.3 Å². The van der Waals surface area contributed by atoms with Crippen LogP contribution in [0.1, 0.15) is 19.3 Å². The van der Waals surface area contributed by atoms with Crippen LogP contribution in [-0.4, -0.2) is 49.1 Å². The van der Waals surface area contributed by atoms with Gasteiger partial charge in [0.2, 0.25) is 0 Å². The second-order valence-electron chi connectivity index (χ2n) is 5.37. The molecule has 0 bridgehead atoms. The Morgan fingerprint density at radius 2 is 2.00 bits per heavy atom. The summed E-state index contributed by atoms with van der Waals surface area (Å²) in [6.07, 6.45) is 5.47. The first-order valence-corrected chi connectivity index (χ1v) is 9.44. The van der Waals surface area contributed by atoms with Crippen molar-refractivity contribution in [1.82, 2.24) is 4.98 Å². The molecular formula is C13H19BrN3O3S+. The minimum absolute atomic E-state index is 0.0590. The minimum atomic E-state index is -3.33. The van der Waals surface area contributed by atoms with Crippen LogP contribution in [0.3, 0.4) is 0 Å². The normalized spacial score (nSPS) is 18.2. The molecule has 1 aromatic rings. The summed E-state index contributed by atoms with van der Waals surface area (Å²) in [5.74, 6) is 0.101. The van der Waals surface area contributed by atoms with Crippen molar-refractivity contribution in [3.05, 3.63) is 22.8 Å². The van der Waals surface area contributed by atoms with E-state index >= 15 is 0 Å². The topological polar surface area (TPSA) is 76.1 Å². The number of rotatable bonds is 4. The van der Waals surface area contributed by atoms with Gasteiger partial charge in [0.1, 0.15) is 5.82 Å². The van der Waals surface area contributed by atoms with Gasteiger partial charge in [-0.3, -0.25) is 4.79 Å². The summed E-state index contributed by atoms with van der Waals surface area (Å²) in [5, 5.41) is 2.66. The van der Waals surface area contributed by atoms with Crippen LogP contribution in [0.2, 0.25) is 0 Å². The number of sulfonamides is 1. The van der Waals surface area contributed by atoms with E-state index in [0.717, 1.165) is 23.7 Å². The number of quaternary nitrogens is 1. The molecule has 6 nitrogen and oxygen atoms in total. The third kappa shape index (κ3) is 4.02. The quantitative estimate of drug-likeness (QED) is 0.812. The number of nitrogens with zero attached hydrogens (tertiary/aromatic N) is 2. The molecule has 1 aromatic heterocycles. The standard InChI is InChI=1S/C13H18BrN3O3S/c1-21(19,20)17(7-3-2-4-8-17)10-13(18)16-12-6-5-11(14)9-15-12/h5-6,9H,2-4,7-8,10H2,1H3/p+1. The predicted molar refractivity (Wildman–Crippen MR) is 84.1 cm³/mol. The lowest BCUT2D eigenvalue weighted by Crippen LogP contribution is -2.58. The second-order valence-corrected chi connectivity index (χ2v) is 8.52. The van der Waals surface area contributed by atoms with Crippen LogP contribution >= 0.6 is 15.9 Å². The fraction of sp³-hybridized carbons (Fsp3) is 0.538. The lowest BCUT2D eigenvalue weighted by molar-refractivity contribution is -0.803. The largest absolute Gasteiger partial charge is 0.306 e. The maximum atomic E-state index is 12.2. The zero-order valence-corrected chi connectivity index (χ0v) is 14.3. The van der Waals surface area contributed by atoms with E-state index in [2.05, 4.69) is 26.2 Å². The van der Waals surface area contributed by atoms with Crippen molar-refractivity contribution in [2.45, 2.75) is 19.3 Å². The maximum absolute atomic E-state index is 12.2. The van der Waals surface area contributed by atoms with Crippen molar-refractivity contribution in [2.75, 3.05) is 31.2 Å². The van der Waals surface area contributed by atoms with Gasteiger partial charge in [0.15, 0.2) is 6.54 Å². The van der Waals surface area contributed by atoms with E-state index < -0.39 is 10.0 Å². The summed E-state index contributed by atoms with van der Waals surface area (Å²) < 4.78 is 24.9. The van der Waals surface area contributed by atoms with Crippen molar-refractivity contribution in [1.29, 1.82) is 0 Å². The lowest BCUT2D eigenvalue weighted by Gasteiger charge is -2.37. The number of likely N-dealkylation sites (tertiary alicyclic amines) is 1. The van der Waals surface area contributed by atoms with Gasteiger partial charge in [-0.15, -0.1) is 0 Å². The summed E-state index contributed by atoms with van der Waals surface area (Å²) >= 11 is 3.27. The molecule has 0 aromatic carbocycles. The van der Waals surface area contributed by atoms with Crippen molar-refractivity contribution < 1.29 is 17.1 Å². The number of piperidine rings is 1. The van der Waals surface area contributed by atoms with Crippen LogP contribution in [0.15, 0.2) is 22.8 Å². The molecule has 2 heterocycles. The maximum Gasteiger partial charge on any atom is 0.294 e. The first-order valence-electron chi connectivity index (χ1n) is 6.80. The molecule has 8 heteroatoms. The smallest absolute Gasteiger partial charge is 0.294 e. The number of aromatic nitrogens is 1. The summed E-state index contributed by atoms with van der Waals surface area (Å²) in [4.78, 5) is 16.2. The fourth-order valence-corrected chi connectivity index (χ4v) is 4.10. The number of carbonyl (C=O) groups is 1. The number of carbonyl (C=O) groups excluding carboxylic acids is 1. The minimum Gasteiger partial charge on any atom is -0.306 e. The third-order valence-corrected chi connectivity index (χ3v) is 6.13. The first kappa shape index (κ1) is 16.4. The Hall–Kier alpha value is -0.990. The Labute approximate surface area is 133 Å². The first-order chi connectivity index (χ1) is 9.82. The van der Waals surface area contributed by atoms with Crippen LogP contribution in [0.4, 0.5) is 5.82 Å². The summed E-state index contributed by atoms with van der Waals surface area (Å²) in [7, 11) is -3.33. The molecular weight excluding hydrogens is 358 g/mol. The van der Waals surface area contributed by atoms with E-state index in [1.165, 1.54) is 6.26 Å². The lowest BCUT2D eigenvalue weighted by atomic mass is 10.1. The molecule has 0 spiro atoms. The molecule has 1 aliphatic rings. The molecule has 0 saturated carbocycles. The van der Waals surface area contributed by atoms with Crippen LogP contribution < -0.4 is 5.32 Å². The number of halogens is 1. The van der Waals surface area contributed by atoms with E-state index in [-0.39, 0.29) is 16.3 Å². The highest BCUT2D eigenvalue weighted by atomic mass is 79.9. The number of nitrogens with one attached hydrogen (secondary N) is 1. The molecule has 0 radical (unpaired) electrons. The van der Waals surface area contributed by atoms with E-state index in [9.17, 15) is 13.2 Å². The SMILES string of the molecule is CS(=O)(=O)[N+]1(CC(=O)Nc2ccc(Br)cn2)CCCCC1. The van der Waals surface area contributed by atoms with Crippen molar-refractivity contribution in [2.24, 2.45) is 0 Å². The molecule has 0 aliphatic carbocycles. The average molecular weight is 377 g/mol. The molecule has 1 N–H and O–H groups in total. The summed E-state index contributed by atoms with van der Waals surface area (Å²) in [6, 6.07) is 3.44. The van der Waals surface area contributed by atoms with Crippen molar-refractivity contribution in [3.8, 4) is 0 Å². The highest BCUT2D eigenvalue weighted by Gasteiger charge is 2.41. The monoisotopic (exact) mass is 376 g/mol. The number of anilines is 1. The Kier molecular flexibility index (Phi) is 5.00. The van der Waals surface area contributed by atoms with E-state index in [1.807, 2.05) is 0 Å². The van der Waals surface area contributed by atoms with E-state index in [1.54, 1.807) is 18.3 Å². The Bertz CT molecular complexity index is 610. The highest BCUT2D eigenvalue weighted by Crippen LogP contribution is 2.23. The number of amides is 1. The van der Waals surface area contributed by atoms with Gasteiger partial charge in [0, 0.05) is 10.7 Å². The van der Waals surface area contributed by atoms with Gasteiger partial charge in [-0.05, 0) is 47.3 Å². The number of pyridine rings is 1. The Balaban J connectivity index is 2.10. The number of hydrogen-bond acceptors (Lipinski definition) is 4. The molecule has 116 valence electrons. The zero-order valence-electron chi connectivity index (χ0n) is 11.9. The predicted octanol–water partition coefficient (Wildman–Crippen LogP) is 1.74. The highest BCUT2D eigenvalue weighted by molar-refractivity contribution is 9.10. The molecule has 1 amide bonds. The van der Waals surface area contributed by atoms with E-state index in [0.29, 0.717) is 18.9 Å².